The number of hydrogen-bond acceptors (Lipinski definition) is 4. The number of pyridine rings is 2. The zero-order valence-corrected chi connectivity index (χ0v) is 16.0. The van der Waals surface area contributed by atoms with Gasteiger partial charge in [-0.2, -0.15) is 0 Å². The Morgan fingerprint density at radius 2 is 1.15 bits per heavy atom. The molecule has 0 saturated heterocycles. The number of aliphatic hydroxyl groups is 3. The summed E-state index contributed by atoms with van der Waals surface area (Å²) in [4.78, 5) is 2.12. The summed E-state index contributed by atoms with van der Waals surface area (Å²) in [5.41, 5.74) is 0. The van der Waals surface area contributed by atoms with Crippen molar-refractivity contribution in [2.24, 2.45) is 0 Å². The van der Waals surface area contributed by atoms with Crippen LogP contribution in [0.25, 0.3) is 0 Å². The average molecular weight is 376 g/mol. The highest BCUT2D eigenvalue weighted by Gasteiger charge is 2.20. The number of aliphatic hydroxyl groups excluding tert-OH is 3. The molecule has 6 nitrogen and oxygen atoms in total. The SMILES string of the molecule is OCCCCCN(CC(O)C[n+]1ccccc1)CC(O)C[n+]1ccccc1. The van der Waals surface area contributed by atoms with Gasteiger partial charge in [-0.05, 0) is 25.8 Å². The Labute approximate surface area is 162 Å². The Balaban J connectivity index is 1.86. The smallest absolute Gasteiger partial charge is 0.175 e. The summed E-state index contributed by atoms with van der Waals surface area (Å²) in [6, 6.07) is 11.7. The van der Waals surface area contributed by atoms with Gasteiger partial charge >= 0.3 is 0 Å². The van der Waals surface area contributed by atoms with E-state index in [2.05, 4.69) is 4.90 Å². The Bertz CT molecular complexity index is 563. The molecule has 0 aliphatic rings. The molecule has 6 heteroatoms. The normalized spacial score (nSPS) is 13.6. The van der Waals surface area contributed by atoms with Crippen LogP contribution in [0.2, 0.25) is 0 Å². The van der Waals surface area contributed by atoms with Crippen LogP contribution in [-0.2, 0) is 13.1 Å². The maximum atomic E-state index is 10.5. The van der Waals surface area contributed by atoms with Crippen molar-refractivity contribution < 1.29 is 24.5 Å². The van der Waals surface area contributed by atoms with Crippen molar-refractivity contribution in [2.45, 2.75) is 44.6 Å². The van der Waals surface area contributed by atoms with Crippen molar-refractivity contribution in [3.63, 3.8) is 0 Å². The van der Waals surface area contributed by atoms with Gasteiger partial charge in [0.1, 0.15) is 12.2 Å². The molecular formula is C21H33N3O3+2. The highest BCUT2D eigenvalue weighted by atomic mass is 16.3. The van der Waals surface area contributed by atoms with E-state index >= 15 is 0 Å². The lowest BCUT2D eigenvalue weighted by molar-refractivity contribution is -0.704. The third kappa shape index (κ3) is 9.06. The van der Waals surface area contributed by atoms with Crippen LogP contribution in [0.15, 0.2) is 61.2 Å². The first kappa shape index (κ1) is 21.4. The van der Waals surface area contributed by atoms with E-state index in [-0.39, 0.29) is 6.61 Å². The fourth-order valence-electron chi connectivity index (χ4n) is 3.19. The molecule has 2 rings (SSSR count). The van der Waals surface area contributed by atoms with Crippen molar-refractivity contribution in [1.29, 1.82) is 0 Å². The van der Waals surface area contributed by atoms with Gasteiger partial charge in [-0.1, -0.05) is 12.1 Å². The van der Waals surface area contributed by atoms with Crippen LogP contribution >= 0.6 is 0 Å². The standard InChI is InChI=1S/C21H33N3O3/c25-15-9-3-8-14-24(18-20(26)16-22-10-4-1-5-11-22)19-21(27)17-23-12-6-2-7-13-23/h1-2,4-7,10-13,20-21,25-27H,3,8-9,14-19H2/q+2. The lowest BCUT2D eigenvalue weighted by Gasteiger charge is -2.25. The largest absolute Gasteiger partial charge is 0.396 e. The van der Waals surface area contributed by atoms with E-state index in [0.29, 0.717) is 26.2 Å². The quantitative estimate of drug-likeness (QED) is 0.344. The van der Waals surface area contributed by atoms with E-state index in [1.165, 1.54) is 0 Å². The van der Waals surface area contributed by atoms with Crippen molar-refractivity contribution in [2.75, 3.05) is 26.2 Å². The third-order valence-electron chi connectivity index (χ3n) is 4.47. The molecule has 0 bridgehead atoms. The summed E-state index contributed by atoms with van der Waals surface area (Å²) in [5.74, 6) is 0. The number of nitrogens with zero attached hydrogens (tertiary/aromatic N) is 3. The van der Waals surface area contributed by atoms with Crippen molar-refractivity contribution in [3.8, 4) is 0 Å². The molecule has 0 amide bonds. The van der Waals surface area contributed by atoms with Gasteiger partial charge in [-0.15, -0.1) is 0 Å². The Hall–Kier alpha value is -1.86. The monoisotopic (exact) mass is 375 g/mol. The topological polar surface area (TPSA) is 71.7 Å². The second-order valence-corrected chi connectivity index (χ2v) is 7.00. The molecule has 0 fully saturated rings. The van der Waals surface area contributed by atoms with Gasteiger partial charge in [-0.3, -0.25) is 4.90 Å². The van der Waals surface area contributed by atoms with E-state index < -0.39 is 12.2 Å². The lowest BCUT2D eigenvalue weighted by atomic mass is 10.2. The second kappa shape index (κ2) is 12.5. The van der Waals surface area contributed by atoms with Gasteiger partial charge in [0.05, 0.1) is 0 Å². The molecule has 0 aliphatic carbocycles. The lowest BCUT2D eigenvalue weighted by Crippen LogP contribution is -2.48. The highest BCUT2D eigenvalue weighted by molar-refractivity contribution is 4.84. The van der Waals surface area contributed by atoms with E-state index in [9.17, 15) is 10.2 Å². The van der Waals surface area contributed by atoms with Gasteiger partial charge in [0.25, 0.3) is 0 Å². The summed E-state index contributed by atoms with van der Waals surface area (Å²) in [6.07, 6.45) is 9.42. The minimum absolute atomic E-state index is 0.209. The molecule has 2 atom stereocenters. The number of rotatable bonds is 13. The summed E-state index contributed by atoms with van der Waals surface area (Å²) < 4.78 is 3.93. The van der Waals surface area contributed by atoms with E-state index in [1.807, 2.05) is 70.3 Å². The molecular weight excluding hydrogens is 342 g/mol. The zero-order valence-electron chi connectivity index (χ0n) is 16.0. The van der Waals surface area contributed by atoms with Gasteiger partial charge in [0.15, 0.2) is 37.9 Å². The fraction of sp³-hybridized carbons (Fsp3) is 0.524. The molecule has 2 aromatic heterocycles. The van der Waals surface area contributed by atoms with Crippen LogP contribution < -0.4 is 9.13 Å². The Morgan fingerprint density at radius 1 is 0.667 bits per heavy atom. The van der Waals surface area contributed by atoms with Crippen LogP contribution in [0.3, 0.4) is 0 Å². The second-order valence-electron chi connectivity index (χ2n) is 7.00. The first-order chi connectivity index (χ1) is 13.2. The van der Waals surface area contributed by atoms with Gasteiger partial charge in [0.2, 0.25) is 0 Å². The minimum Gasteiger partial charge on any atom is -0.396 e. The molecule has 2 unspecified atom stereocenters. The molecule has 0 radical (unpaired) electrons. The molecule has 0 aliphatic heterocycles. The van der Waals surface area contributed by atoms with Crippen molar-refractivity contribution in [3.05, 3.63) is 61.2 Å². The van der Waals surface area contributed by atoms with Crippen molar-refractivity contribution >= 4 is 0 Å². The summed E-state index contributed by atoms with van der Waals surface area (Å²) in [6.45, 7) is 3.08. The van der Waals surface area contributed by atoms with Crippen LogP contribution in [0, 0.1) is 0 Å². The summed E-state index contributed by atoms with van der Waals surface area (Å²) >= 11 is 0. The Kier molecular flexibility index (Phi) is 9.94. The van der Waals surface area contributed by atoms with Crippen LogP contribution in [0.1, 0.15) is 19.3 Å². The van der Waals surface area contributed by atoms with Gasteiger partial charge in [-0.25, -0.2) is 9.13 Å². The Morgan fingerprint density at radius 3 is 1.59 bits per heavy atom. The number of hydrogen-bond donors (Lipinski definition) is 3. The van der Waals surface area contributed by atoms with Crippen LogP contribution in [0.5, 0.6) is 0 Å². The van der Waals surface area contributed by atoms with Gasteiger partial charge < -0.3 is 15.3 Å². The number of unbranched alkanes of at least 4 members (excludes halogenated alkanes) is 2. The molecule has 0 saturated carbocycles. The minimum atomic E-state index is -0.508. The summed E-state index contributed by atoms with van der Waals surface area (Å²) in [7, 11) is 0. The zero-order chi connectivity index (χ0) is 19.3. The third-order valence-corrected chi connectivity index (χ3v) is 4.47. The molecule has 2 heterocycles. The molecule has 27 heavy (non-hydrogen) atoms. The molecule has 2 aromatic rings. The van der Waals surface area contributed by atoms with Gasteiger partial charge in [0, 0.05) is 44.0 Å². The van der Waals surface area contributed by atoms with E-state index in [1.54, 1.807) is 0 Å². The predicted molar refractivity (Wildman–Crippen MR) is 103 cm³/mol. The van der Waals surface area contributed by atoms with E-state index in [0.717, 1.165) is 25.8 Å². The maximum absolute atomic E-state index is 10.5. The molecule has 3 N–H and O–H groups in total. The molecule has 148 valence electrons. The fourth-order valence-corrected chi connectivity index (χ4v) is 3.19. The van der Waals surface area contributed by atoms with E-state index in [4.69, 9.17) is 5.11 Å². The first-order valence-corrected chi connectivity index (χ1v) is 9.75. The molecule has 0 spiro atoms. The van der Waals surface area contributed by atoms with Crippen LogP contribution in [-0.4, -0.2) is 58.7 Å². The predicted octanol–water partition coefficient (Wildman–Crippen LogP) is 0.148. The van der Waals surface area contributed by atoms with Crippen LogP contribution in [0.4, 0.5) is 0 Å². The maximum Gasteiger partial charge on any atom is 0.175 e. The highest BCUT2D eigenvalue weighted by Crippen LogP contribution is 2.03. The number of aromatic nitrogens is 2. The summed E-state index contributed by atoms with van der Waals surface area (Å²) in [5, 5.41) is 29.9. The molecule has 0 aromatic carbocycles. The van der Waals surface area contributed by atoms with Crippen molar-refractivity contribution in [1.82, 2.24) is 4.90 Å². The average Bonchev–Trinajstić information content (AvgIpc) is 2.66. The first-order valence-electron chi connectivity index (χ1n) is 9.75.